The summed E-state index contributed by atoms with van der Waals surface area (Å²) in [4.78, 5) is 1.08. The van der Waals surface area contributed by atoms with Crippen molar-refractivity contribution in [2.24, 2.45) is 0 Å². The third kappa shape index (κ3) is 1.94. The van der Waals surface area contributed by atoms with Gasteiger partial charge in [0.05, 0.1) is 8.06 Å². The Morgan fingerprint density at radius 1 is 1.22 bits per heavy atom. The molecule has 1 fully saturated rings. The standard InChI is InChI=1S/C5H6Br4/c6-3-1-2-5(8,9)4(3)7/h3-4H,1-2H2. The van der Waals surface area contributed by atoms with E-state index in [-0.39, 0.29) is 3.23 Å². The van der Waals surface area contributed by atoms with Gasteiger partial charge in [-0.15, -0.1) is 0 Å². The minimum Gasteiger partial charge on any atom is -0.0878 e. The van der Waals surface area contributed by atoms with E-state index in [1.807, 2.05) is 0 Å². The lowest BCUT2D eigenvalue weighted by atomic mass is 10.4. The Labute approximate surface area is 88.7 Å². The molecule has 0 aromatic heterocycles. The normalized spacial score (nSPS) is 41.3. The number of hydrogen-bond acceptors (Lipinski definition) is 0. The average molecular weight is 386 g/mol. The number of alkyl halides is 4. The Morgan fingerprint density at radius 3 is 1.89 bits per heavy atom. The Kier molecular flexibility index (Phi) is 3.12. The zero-order valence-corrected chi connectivity index (χ0v) is 10.9. The molecule has 0 nitrogen and oxygen atoms in total. The fraction of sp³-hybridized carbons (Fsp3) is 1.00. The maximum Gasteiger partial charge on any atom is 0.0940 e. The Hall–Kier alpha value is 1.92. The summed E-state index contributed by atoms with van der Waals surface area (Å²) >= 11 is 14.3. The van der Waals surface area contributed by atoms with E-state index in [1.165, 1.54) is 12.8 Å². The van der Waals surface area contributed by atoms with Crippen LogP contribution in [0.1, 0.15) is 12.8 Å². The maximum atomic E-state index is 3.59. The molecule has 0 N–H and O–H groups in total. The van der Waals surface area contributed by atoms with Gasteiger partial charge in [0.1, 0.15) is 0 Å². The van der Waals surface area contributed by atoms with E-state index in [9.17, 15) is 0 Å². The quantitative estimate of drug-likeness (QED) is 0.557. The van der Waals surface area contributed by atoms with Gasteiger partial charge in [0, 0.05) is 4.83 Å². The second-order valence-corrected chi connectivity index (χ2v) is 8.27. The van der Waals surface area contributed by atoms with Crippen LogP contribution >= 0.6 is 63.7 Å². The lowest BCUT2D eigenvalue weighted by Crippen LogP contribution is -2.21. The highest BCUT2D eigenvalue weighted by atomic mass is 79.9. The first-order chi connectivity index (χ1) is 4.04. The van der Waals surface area contributed by atoms with Gasteiger partial charge in [0.2, 0.25) is 0 Å². The summed E-state index contributed by atoms with van der Waals surface area (Å²) < 4.78 is 0.119. The fourth-order valence-electron chi connectivity index (χ4n) is 0.879. The van der Waals surface area contributed by atoms with Crippen LogP contribution in [0.15, 0.2) is 0 Å². The summed E-state index contributed by atoms with van der Waals surface area (Å²) in [6.45, 7) is 0. The molecule has 0 aromatic carbocycles. The van der Waals surface area contributed by atoms with E-state index in [1.54, 1.807) is 0 Å². The molecule has 0 aliphatic heterocycles. The van der Waals surface area contributed by atoms with Crippen LogP contribution in [0.3, 0.4) is 0 Å². The minimum atomic E-state index is 0.119. The number of rotatable bonds is 0. The van der Waals surface area contributed by atoms with Crippen LogP contribution in [-0.4, -0.2) is 12.9 Å². The topological polar surface area (TPSA) is 0 Å². The molecule has 9 heavy (non-hydrogen) atoms. The van der Waals surface area contributed by atoms with Crippen LogP contribution in [0.5, 0.6) is 0 Å². The second-order valence-electron chi connectivity index (χ2n) is 2.22. The molecule has 1 aliphatic carbocycles. The van der Waals surface area contributed by atoms with Crippen molar-refractivity contribution in [3.8, 4) is 0 Å². The van der Waals surface area contributed by atoms with Gasteiger partial charge in [-0.3, -0.25) is 0 Å². The minimum absolute atomic E-state index is 0.119. The predicted molar refractivity (Wildman–Crippen MR) is 55.2 cm³/mol. The Balaban J connectivity index is 2.62. The molecule has 4 heteroatoms. The summed E-state index contributed by atoms with van der Waals surface area (Å²) in [6, 6.07) is 0. The summed E-state index contributed by atoms with van der Waals surface area (Å²) in [6.07, 6.45) is 2.38. The summed E-state index contributed by atoms with van der Waals surface area (Å²) in [7, 11) is 0. The molecule has 2 atom stereocenters. The van der Waals surface area contributed by atoms with Gasteiger partial charge < -0.3 is 0 Å². The highest BCUT2D eigenvalue weighted by Gasteiger charge is 2.42. The van der Waals surface area contributed by atoms with Gasteiger partial charge in [-0.05, 0) is 12.8 Å². The molecule has 1 saturated carbocycles. The van der Waals surface area contributed by atoms with Crippen LogP contribution in [0, 0.1) is 0 Å². The second kappa shape index (κ2) is 3.11. The van der Waals surface area contributed by atoms with Gasteiger partial charge in [-0.1, -0.05) is 63.7 Å². The molecule has 0 spiro atoms. The highest BCUT2D eigenvalue weighted by Crippen LogP contribution is 2.49. The molecule has 0 heterocycles. The van der Waals surface area contributed by atoms with Crippen molar-refractivity contribution in [3.05, 3.63) is 0 Å². The van der Waals surface area contributed by atoms with Crippen molar-refractivity contribution in [1.82, 2.24) is 0 Å². The molecular formula is C5H6Br4. The lowest BCUT2D eigenvalue weighted by molar-refractivity contribution is 0.888. The SMILES string of the molecule is BrC1CCC(Br)(Br)C1Br. The summed E-state index contributed by atoms with van der Waals surface area (Å²) in [5.74, 6) is 0. The molecule has 0 saturated heterocycles. The number of hydrogen-bond donors (Lipinski definition) is 0. The molecule has 0 bridgehead atoms. The van der Waals surface area contributed by atoms with Gasteiger partial charge in [-0.2, -0.15) is 0 Å². The lowest BCUT2D eigenvalue weighted by Gasteiger charge is -2.17. The zero-order valence-electron chi connectivity index (χ0n) is 4.58. The van der Waals surface area contributed by atoms with Crippen LogP contribution in [0.2, 0.25) is 0 Å². The molecule has 2 unspecified atom stereocenters. The van der Waals surface area contributed by atoms with Gasteiger partial charge in [0.15, 0.2) is 0 Å². The van der Waals surface area contributed by atoms with Gasteiger partial charge in [-0.25, -0.2) is 0 Å². The fourth-order valence-corrected chi connectivity index (χ4v) is 3.86. The maximum absolute atomic E-state index is 3.59. The average Bonchev–Trinajstić information content (AvgIpc) is 1.97. The van der Waals surface area contributed by atoms with Crippen LogP contribution in [0.4, 0.5) is 0 Å². The van der Waals surface area contributed by atoms with Crippen molar-refractivity contribution in [3.63, 3.8) is 0 Å². The van der Waals surface area contributed by atoms with Crippen LogP contribution in [0.25, 0.3) is 0 Å². The highest BCUT2D eigenvalue weighted by molar-refractivity contribution is 9.26. The van der Waals surface area contributed by atoms with E-state index in [0.717, 1.165) is 0 Å². The van der Waals surface area contributed by atoms with Gasteiger partial charge >= 0.3 is 0 Å². The molecule has 0 aromatic rings. The van der Waals surface area contributed by atoms with Crippen molar-refractivity contribution >= 4 is 63.7 Å². The summed E-state index contributed by atoms with van der Waals surface area (Å²) in [5.41, 5.74) is 0. The zero-order chi connectivity index (χ0) is 7.07. The largest absolute Gasteiger partial charge is 0.0940 e. The van der Waals surface area contributed by atoms with Crippen molar-refractivity contribution < 1.29 is 0 Å². The predicted octanol–water partition coefficient (Wildman–Crippen LogP) is 3.79. The van der Waals surface area contributed by atoms with Crippen molar-refractivity contribution in [2.75, 3.05) is 0 Å². The van der Waals surface area contributed by atoms with Crippen molar-refractivity contribution in [1.29, 1.82) is 0 Å². The first kappa shape index (κ1) is 9.01. The van der Waals surface area contributed by atoms with Crippen LogP contribution < -0.4 is 0 Å². The third-order valence-corrected chi connectivity index (χ3v) is 7.60. The molecule has 0 radical (unpaired) electrons. The monoisotopic (exact) mass is 382 g/mol. The molecule has 1 aliphatic rings. The number of halogens is 4. The van der Waals surface area contributed by atoms with Crippen molar-refractivity contribution in [2.45, 2.75) is 25.7 Å². The van der Waals surface area contributed by atoms with Crippen LogP contribution in [-0.2, 0) is 0 Å². The first-order valence-electron chi connectivity index (χ1n) is 2.70. The molecule has 1 rings (SSSR count). The third-order valence-electron chi connectivity index (χ3n) is 1.47. The van der Waals surface area contributed by atoms with Gasteiger partial charge in [0.25, 0.3) is 0 Å². The van der Waals surface area contributed by atoms with E-state index >= 15 is 0 Å². The molecule has 0 amide bonds. The molecular weight excluding hydrogens is 380 g/mol. The van der Waals surface area contributed by atoms with E-state index < -0.39 is 0 Å². The first-order valence-corrected chi connectivity index (χ1v) is 6.12. The van der Waals surface area contributed by atoms with E-state index in [2.05, 4.69) is 63.7 Å². The Morgan fingerprint density at radius 2 is 1.78 bits per heavy atom. The van der Waals surface area contributed by atoms with E-state index in [4.69, 9.17) is 0 Å². The summed E-state index contributed by atoms with van der Waals surface area (Å²) in [5, 5.41) is 0. The molecule has 54 valence electrons. The Bertz CT molecular complexity index is 112. The van der Waals surface area contributed by atoms with E-state index in [0.29, 0.717) is 9.65 Å². The smallest absolute Gasteiger partial charge is 0.0878 e.